The molecule has 0 radical (unpaired) electrons. The Balaban J connectivity index is 1.72. The largest absolute Gasteiger partial charge is 0.860 e. The molecule has 4 aromatic rings. The molecule has 5 nitrogen and oxygen atoms in total. The van der Waals surface area contributed by atoms with E-state index in [0.29, 0.717) is 35.7 Å². The number of amidine groups is 1. The van der Waals surface area contributed by atoms with Crippen LogP contribution in [0.5, 0.6) is 0 Å². The molecule has 0 saturated heterocycles. The fourth-order valence-electron chi connectivity index (χ4n) is 4.36. The highest BCUT2D eigenvalue weighted by Gasteiger charge is 2.29. The van der Waals surface area contributed by atoms with Crippen LogP contribution in [-0.2, 0) is 0 Å². The fraction of sp³-hybridized carbons (Fsp3) is 0.129. The lowest BCUT2D eigenvalue weighted by Gasteiger charge is -2.29. The second-order valence-electron chi connectivity index (χ2n) is 8.47. The number of hydrogen-bond donors (Lipinski definition) is 0. The van der Waals surface area contributed by atoms with Crippen molar-refractivity contribution >= 4 is 23.3 Å². The summed E-state index contributed by atoms with van der Waals surface area (Å²) in [5.74, 6) is 1.31. The summed E-state index contributed by atoms with van der Waals surface area (Å²) in [5.41, 5.74) is 3.88. The van der Waals surface area contributed by atoms with Gasteiger partial charge in [-0.15, -0.1) is 0 Å². The minimum absolute atomic E-state index is 0.00441. The quantitative estimate of drug-likeness (QED) is 0.420. The smallest absolute Gasteiger partial charge is 0.356 e. The first-order valence-corrected chi connectivity index (χ1v) is 12.3. The zero-order valence-corrected chi connectivity index (χ0v) is 20.5. The van der Waals surface area contributed by atoms with Crippen LogP contribution in [0.2, 0.25) is 0 Å². The maximum Gasteiger partial charge on any atom is 0.356 e. The van der Waals surface area contributed by atoms with E-state index in [1.807, 2.05) is 109 Å². The van der Waals surface area contributed by atoms with Crippen LogP contribution in [0.3, 0.4) is 0 Å². The van der Waals surface area contributed by atoms with Gasteiger partial charge in [-0.2, -0.15) is 4.99 Å². The van der Waals surface area contributed by atoms with Crippen LogP contribution in [0.4, 0.5) is 0 Å². The molecule has 36 heavy (non-hydrogen) atoms. The average molecular weight is 473 g/mol. The van der Waals surface area contributed by atoms with E-state index in [9.17, 15) is 5.11 Å². The summed E-state index contributed by atoms with van der Waals surface area (Å²) in [6, 6.07) is 32.0. The number of hydrogen-bond acceptors (Lipinski definition) is 4. The Morgan fingerprint density at radius 3 is 1.89 bits per heavy atom. The molecule has 0 amide bonds. The number of rotatable bonds is 5. The minimum atomic E-state index is -0.00441. The molecule has 2 heterocycles. The van der Waals surface area contributed by atoms with Crippen LogP contribution >= 0.6 is 0 Å². The van der Waals surface area contributed by atoms with Gasteiger partial charge in [-0.25, -0.2) is 4.57 Å². The second kappa shape index (κ2) is 10.4. The van der Waals surface area contributed by atoms with Gasteiger partial charge in [-0.3, -0.25) is 0 Å². The van der Waals surface area contributed by atoms with Crippen molar-refractivity contribution < 1.29 is 9.67 Å². The van der Waals surface area contributed by atoms with Crippen LogP contribution in [-0.4, -0.2) is 29.7 Å². The van der Waals surface area contributed by atoms with Gasteiger partial charge in [0.1, 0.15) is 0 Å². The van der Waals surface area contributed by atoms with E-state index in [0.717, 1.165) is 21.9 Å². The van der Waals surface area contributed by atoms with Gasteiger partial charge < -0.3 is 10.0 Å². The molecule has 0 unspecified atom stereocenters. The molecule has 0 bridgehead atoms. The van der Waals surface area contributed by atoms with Crippen LogP contribution in [0.15, 0.2) is 119 Å². The second-order valence-corrected chi connectivity index (χ2v) is 8.47. The lowest BCUT2D eigenvalue weighted by molar-refractivity contribution is -0.552. The Labute approximate surface area is 211 Å². The molecule has 5 heteroatoms. The standard InChI is InChI=1S/C31H28N4O/c1-3-34(4-2)31(36)27-18-12-11-17-26(27)28-30(33-29(32-28)25-15-9-6-10-16-25)35-21-19-24(20-22-35)23-13-7-5-8-14-23/h5-22H,3-4H2,1-2H3. The Kier molecular flexibility index (Phi) is 6.72. The molecule has 0 saturated carbocycles. The Morgan fingerprint density at radius 2 is 1.25 bits per heavy atom. The molecule has 0 N–H and O–H groups in total. The van der Waals surface area contributed by atoms with E-state index in [4.69, 9.17) is 9.98 Å². The molecule has 0 atom stereocenters. The topological polar surface area (TPSA) is 54.9 Å². The van der Waals surface area contributed by atoms with Crippen molar-refractivity contribution in [1.29, 1.82) is 0 Å². The zero-order valence-electron chi connectivity index (χ0n) is 20.5. The molecule has 5 rings (SSSR count). The first-order chi connectivity index (χ1) is 17.7. The SMILES string of the molecule is CCN(CC)/C([O-])=c1\cccc\c1=C1\N=C(c2ccccc2)N=C1[n+]1ccc(-c2ccccc2)cc1. The van der Waals surface area contributed by atoms with Crippen LogP contribution in [0, 0.1) is 0 Å². The van der Waals surface area contributed by atoms with E-state index in [-0.39, 0.29) is 5.88 Å². The molecule has 1 aromatic heterocycles. The molecule has 0 fully saturated rings. The van der Waals surface area contributed by atoms with Gasteiger partial charge in [0.05, 0.1) is 12.4 Å². The number of aromatic nitrogens is 1. The van der Waals surface area contributed by atoms with Crippen molar-refractivity contribution in [3.63, 3.8) is 0 Å². The maximum atomic E-state index is 13.4. The van der Waals surface area contributed by atoms with E-state index in [2.05, 4.69) is 24.3 Å². The Bertz CT molecular complexity index is 1540. The van der Waals surface area contributed by atoms with Gasteiger partial charge in [-0.1, -0.05) is 72.8 Å². The highest BCUT2D eigenvalue weighted by Crippen LogP contribution is 2.18. The normalized spacial score (nSPS) is 15.3. The highest BCUT2D eigenvalue weighted by atomic mass is 16.3. The van der Waals surface area contributed by atoms with Crippen LogP contribution < -0.4 is 20.1 Å². The number of nitrogens with zero attached hydrogens (tertiary/aromatic N) is 4. The molecule has 0 aliphatic carbocycles. The first kappa shape index (κ1) is 23.2. The third-order valence-corrected chi connectivity index (χ3v) is 6.32. The first-order valence-electron chi connectivity index (χ1n) is 12.3. The van der Waals surface area contributed by atoms with Crippen LogP contribution in [0.1, 0.15) is 19.4 Å². The summed E-state index contributed by atoms with van der Waals surface area (Å²) in [4.78, 5) is 11.7. The lowest BCUT2D eigenvalue weighted by atomic mass is 10.1. The Hall–Kier alpha value is -4.51. The van der Waals surface area contributed by atoms with Crippen molar-refractivity contribution in [2.75, 3.05) is 13.1 Å². The number of benzene rings is 3. The van der Waals surface area contributed by atoms with Crippen molar-refractivity contribution in [3.05, 3.63) is 125 Å². The van der Waals surface area contributed by atoms with Gasteiger partial charge in [-0.05, 0) is 65.3 Å². The monoisotopic (exact) mass is 472 g/mol. The fourth-order valence-corrected chi connectivity index (χ4v) is 4.36. The Morgan fingerprint density at radius 1 is 0.694 bits per heavy atom. The van der Waals surface area contributed by atoms with Crippen molar-refractivity contribution in [2.24, 2.45) is 9.98 Å². The van der Waals surface area contributed by atoms with E-state index >= 15 is 0 Å². The summed E-state index contributed by atoms with van der Waals surface area (Å²) in [6.07, 6.45) is 4.00. The summed E-state index contributed by atoms with van der Waals surface area (Å²) < 4.78 is 1.97. The zero-order chi connectivity index (χ0) is 24.9. The predicted octanol–water partition coefficient (Wildman–Crippen LogP) is 2.92. The van der Waals surface area contributed by atoms with Crippen LogP contribution in [0.25, 0.3) is 22.7 Å². The molecule has 178 valence electrons. The molecule has 0 spiro atoms. The summed E-state index contributed by atoms with van der Waals surface area (Å²) in [6.45, 7) is 5.28. The molecular weight excluding hydrogens is 444 g/mol. The molecule has 3 aromatic carbocycles. The summed E-state index contributed by atoms with van der Waals surface area (Å²) in [5, 5.41) is 14.8. The van der Waals surface area contributed by atoms with E-state index in [1.165, 1.54) is 0 Å². The number of aliphatic imine (C=N–C) groups is 2. The van der Waals surface area contributed by atoms with Crippen molar-refractivity contribution in [1.82, 2.24) is 4.90 Å². The van der Waals surface area contributed by atoms with Gasteiger partial charge in [0.2, 0.25) is 0 Å². The molecule has 1 aliphatic rings. The maximum absolute atomic E-state index is 13.4. The van der Waals surface area contributed by atoms with Gasteiger partial charge in [0.15, 0.2) is 5.70 Å². The predicted molar refractivity (Wildman–Crippen MR) is 143 cm³/mol. The highest BCUT2D eigenvalue weighted by molar-refractivity contribution is 6.25. The van der Waals surface area contributed by atoms with E-state index < -0.39 is 0 Å². The lowest BCUT2D eigenvalue weighted by Crippen LogP contribution is -2.46. The van der Waals surface area contributed by atoms with Gasteiger partial charge in [0, 0.05) is 23.9 Å². The van der Waals surface area contributed by atoms with Crippen molar-refractivity contribution in [3.8, 4) is 11.1 Å². The molecular formula is C31H28N4O. The minimum Gasteiger partial charge on any atom is -0.860 e. The summed E-state index contributed by atoms with van der Waals surface area (Å²) >= 11 is 0. The van der Waals surface area contributed by atoms with Crippen molar-refractivity contribution in [2.45, 2.75) is 13.8 Å². The average Bonchev–Trinajstić information content (AvgIpc) is 3.40. The van der Waals surface area contributed by atoms with Gasteiger partial charge >= 0.3 is 5.84 Å². The third-order valence-electron chi connectivity index (χ3n) is 6.32. The third kappa shape index (κ3) is 4.56. The summed E-state index contributed by atoms with van der Waals surface area (Å²) in [7, 11) is 0. The van der Waals surface area contributed by atoms with Gasteiger partial charge in [0.25, 0.3) is 5.84 Å². The number of pyridine rings is 1. The van der Waals surface area contributed by atoms with E-state index in [1.54, 1.807) is 0 Å². The molecule has 1 aliphatic heterocycles.